The van der Waals surface area contributed by atoms with Crippen molar-refractivity contribution in [1.82, 2.24) is 5.32 Å². The Labute approximate surface area is 93.0 Å². The molecule has 4 heteroatoms. The van der Waals surface area contributed by atoms with E-state index >= 15 is 0 Å². The van der Waals surface area contributed by atoms with Gasteiger partial charge in [-0.3, -0.25) is 9.79 Å². The average molecular weight is 220 g/mol. The summed E-state index contributed by atoms with van der Waals surface area (Å²) in [6, 6.07) is 10.0. The third-order valence-corrected chi connectivity index (χ3v) is 2.98. The zero-order chi connectivity index (χ0) is 10.5. The molecule has 0 unspecified atom stereocenters. The minimum absolute atomic E-state index is 0.0700. The zero-order valence-corrected chi connectivity index (χ0v) is 9.09. The van der Waals surface area contributed by atoms with Crippen LogP contribution >= 0.6 is 11.8 Å². The Kier molecular flexibility index (Phi) is 3.40. The number of carbonyl (C=O) groups is 1. The first kappa shape index (κ1) is 10.2. The molecule has 1 aliphatic heterocycles. The van der Waals surface area contributed by atoms with Crippen LogP contribution in [0.5, 0.6) is 0 Å². The Hall–Kier alpha value is -1.29. The van der Waals surface area contributed by atoms with Crippen molar-refractivity contribution in [3.8, 4) is 0 Å². The van der Waals surface area contributed by atoms with Crippen molar-refractivity contribution in [2.75, 3.05) is 5.75 Å². The van der Waals surface area contributed by atoms with E-state index in [1.165, 1.54) is 0 Å². The van der Waals surface area contributed by atoms with Gasteiger partial charge in [0.25, 0.3) is 0 Å². The van der Waals surface area contributed by atoms with Crippen molar-refractivity contribution in [3.05, 3.63) is 35.9 Å². The number of hydrogen-bond acceptors (Lipinski definition) is 3. The Morgan fingerprint density at radius 2 is 2.13 bits per heavy atom. The van der Waals surface area contributed by atoms with E-state index in [2.05, 4.69) is 10.3 Å². The second-order valence-corrected chi connectivity index (χ2v) is 4.34. The molecule has 1 heterocycles. The number of nitrogens with zero attached hydrogens (tertiary/aromatic N) is 1. The maximum Gasteiger partial charge on any atom is 0.226 e. The van der Waals surface area contributed by atoms with E-state index in [1.54, 1.807) is 11.8 Å². The number of amides is 1. The van der Waals surface area contributed by atoms with Crippen LogP contribution < -0.4 is 5.32 Å². The number of rotatable bonds is 2. The van der Waals surface area contributed by atoms with E-state index in [1.807, 2.05) is 30.3 Å². The number of carbonyl (C=O) groups excluding carboxylic acids is 1. The molecule has 0 aliphatic carbocycles. The maximum absolute atomic E-state index is 11.1. The third kappa shape index (κ3) is 3.09. The molecule has 1 saturated heterocycles. The standard InChI is InChI=1S/C11H12N2OS/c14-10-6-7-15-11(13-10)12-8-9-4-2-1-3-5-9/h1-5H,6-8H2,(H,12,13,14). The van der Waals surface area contributed by atoms with Gasteiger partial charge in [-0.25, -0.2) is 0 Å². The predicted molar refractivity (Wildman–Crippen MR) is 62.8 cm³/mol. The van der Waals surface area contributed by atoms with Crippen LogP contribution in [0, 0.1) is 0 Å². The lowest BCUT2D eigenvalue weighted by atomic mass is 10.2. The van der Waals surface area contributed by atoms with Crippen LogP contribution in [0.25, 0.3) is 0 Å². The molecule has 1 aromatic rings. The second kappa shape index (κ2) is 4.98. The van der Waals surface area contributed by atoms with Gasteiger partial charge < -0.3 is 5.32 Å². The molecule has 1 fully saturated rings. The smallest absolute Gasteiger partial charge is 0.226 e. The molecule has 1 aromatic carbocycles. The predicted octanol–water partition coefficient (Wildman–Crippen LogP) is 1.80. The molecule has 1 N–H and O–H groups in total. The number of hydrogen-bond donors (Lipinski definition) is 1. The van der Waals surface area contributed by atoms with Gasteiger partial charge >= 0.3 is 0 Å². The molecule has 0 saturated carbocycles. The van der Waals surface area contributed by atoms with Gasteiger partial charge in [0, 0.05) is 12.2 Å². The minimum Gasteiger partial charge on any atom is -0.305 e. The summed E-state index contributed by atoms with van der Waals surface area (Å²) in [4.78, 5) is 15.4. The van der Waals surface area contributed by atoms with Crippen LogP contribution in [0.15, 0.2) is 35.3 Å². The summed E-state index contributed by atoms with van der Waals surface area (Å²) in [5.41, 5.74) is 1.16. The van der Waals surface area contributed by atoms with Crippen molar-refractivity contribution in [1.29, 1.82) is 0 Å². The molecule has 78 valence electrons. The number of amidine groups is 1. The molecule has 0 bridgehead atoms. The van der Waals surface area contributed by atoms with Gasteiger partial charge in [-0.15, -0.1) is 0 Å². The number of thioether (sulfide) groups is 1. The van der Waals surface area contributed by atoms with Crippen LogP contribution in [0.3, 0.4) is 0 Å². The fourth-order valence-corrected chi connectivity index (χ4v) is 2.11. The molecule has 0 spiro atoms. The molecule has 1 amide bonds. The molecule has 15 heavy (non-hydrogen) atoms. The third-order valence-electron chi connectivity index (χ3n) is 2.06. The summed E-state index contributed by atoms with van der Waals surface area (Å²) in [7, 11) is 0. The average Bonchev–Trinajstić information content (AvgIpc) is 2.28. The normalized spacial score (nSPS) is 18.9. The summed E-state index contributed by atoms with van der Waals surface area (Å²) in [6.45, 7) is 0.628. The van der Waals surface area contributed by atoms with E-state index in [9.17, 15) is 4.79 Å². The fourth-order valence-electron chi connectivity index (χ4n) is 1.29. The highest BCUT2D eigenvalue weighted by Gasteiger charge is 2.12. The quantitative estimate of drug-likeness (QED) is 0.825. The first-order valence-corrected chi connectivity index (χ1v) is 5.84. The monoisotopic (exact) mass is 220 g/mol. The highest BCUT2D eigenvalue weighted by molar-refractivity contribution is 8.14. The van der Waals surface area contributed by atoms with Crippen LogP contribution in [-0.4, -0.2) is 16.8 Å². The summed E-state index contributed by atoms with van der Waals surface area (Å²) in [6.07, 6.45) is 0.592. The van der Waals surface area contributed by atoms with Gasteiger partial charge in [-0.2, -0.15) is 0 Å². The van der Waals surface area contributed by atoms with Crippen molar-refractivity contribution in [3.63, 3.8) is 0 Å². The van der Waals surface area contributed by atoms with Gasteiger partial charge in [-0.1, -0.05) is 42.1 Å². The Morgan fingerprint density at radius 1 is 1.33 bits per heavy atom. The van der Waals surface area contributed by atoms with Crippen LogP contribution in [-0.2, 0) is 11.3 Å². The van der Waals surface area contributed by atoms with E-state index in [-0.39, 0.29) is 5.91 Å². The summed E-state index contributed by atoms with van der Waals surface area (Å²) < 4.78 is 0. The first-order chi connectivity index (χ1) is 7.34. The highest BCUT2D eigenvalue weighted by atomic mass is 32.2. The van der Waals surface area contributed by atoms with Gasteiger partial charge in [0.1, 0.15) is 0 Å². The largest absolute Gasteiger partial charge is 0.305 e. The SMILES string of the molecule is O=C1CCSC(=NCc2ccccc2)N1. The van der Waals surface area contributed by atoms with Crippen molar-refractivity contribution in [2.45, 2.75) is 13.0 Å². The highest BCUT2D eigenvalue weighted by Crippen LogP contribution is 2.11. The van der Waals surface area contributed by atoms with Gasteiger partial charge in [-0.05, 0) is 5.56 Å². The summed E-state index contributed by atoms with van der Waals surface area (Å²) >= 11 is 1.60. The van der Waals surface area contributed by atoms with E-state index in [0.29, 0.717) is 13.0 Å². The topological polar surface area (TPSA) is 41.5 Å². The van der Waals surface area contributed by atoms with Crippen molar-refractivity contribution in [2.24, 2.45) is 4.99 Å². The molecule has 0 aromatic heterocycles. The van der Waals surface area contributed by atoms with Crippen molar-refractivity contribution >= 4 is 22.8 Å². The summed E-state index contributed by atoms with van der Waals surface area (Å²) in [5, 5.41) is 3.51. The Bertz CT molecular complexity index is 375. The lowest BCUT2D eigenvalue weighted by Gasteiger charge is -2.13. The molecule has 2 rings (SSSR count). The van der Waals surface area contributed by atoms with Crippen LogP contribution in [0.1, 0.15) is 12.0 Å². The van der Waals surface area contributed by atoms with Gasteiger partial charge in [0.15, 0.2) is 5.17 Å². The Balaban J connectivity index is 1.96. The lowest BCUT2D eigenvalue weighted by molar-refractivity contribution is -0.119. The van der Waals surface area contributed by atoms with E-state index < -0.39 is 0 Å². The molecule has 0 atom stereocenters. The fraction of sp³-hybridized carbons (Fsp3) is 0.273. The molecular weight excluding hydrogens is 208 g/mol. The lowest BCUT2D eigenvalue weighted by Crippen LogP contribution is -2.33. The van der Waals surface area contributed by atoms with Gasteiger partial charge in [0.2, 0.25) is 5.91 Å². The zero-order valence-electron chi connectivity index (χ0n) is 8.27. The van der Waals surface area contributed by atoms with Crippen LogP contribution in [0.2, 0.25) is 0 Å². The summed E-state index contributed by atoms with van der Waals surface area (Å²) in [5.74, 6) is 0.903. The number of aliphatic imine (C=N–C) groups is 1. The van der Waals surface area contributed by atoms with E-state index in [4.69, 9.17) is 0 Å². The minimum atomic E-state index is 0.0700. The van der Waals surface area contributed by atoms with E-state index in [0.717, 1.165) is 16.5 Å². The van der Waals surface area contributed by atoms with Crippen LogP contribution in [0.4, 0.5) is 0 Å². The number of benzene rings is 1. The molecule has 1 aliphatic rings. The number of nitrogens with one attached hydrogen (secondary N) is 1. The second-order valence-electron chi connectivity index (χ2n) is 3.25. The van der Waals surface area contributed by atoms with Gasteiger partial charge in [0.05, 0.1) is 6.54 Å². The molecular formula is C11H12N2OS. The van der Waals surface area contributed by atoms with Crippen molar-refractivity contribution < 1.29 is 4.79 Å². The maximum atomic E-state index is 11.1. The molecule has 0 radical (unpaired) electrons. The molecule has 3 nitrogen and oxygen atoms in total. The Morgan fingerprint density at radius 3 is 2.87 bits per heavy atom. The first-order valence-electron chi connectivity index (χ1n) is 4.85.